The highest BCUT2D eigenvalue weighted by Gasteiger charge is 2.25. The molecule has 0 amide bonds. The summed E-state index contributed by atoms with van der Waals surface area (Å²) >= 11 is 0. The zero-order chi connectivity index (χ0) is 10.9. The van der Waals surface area contributed by atoms with Gasteiger partial charge < -0.3 is 5.11 Å². The fourth-order valence-electron chi connectivity index (χ4n) is 1.13. The molecule has 0 spiro atoms. The van der Waals surface area contributed by atoms with E-state index in [-0.39, 0.29) is 11.1 Å². The van der Waals surface area contributed by atoms with Gasteiger partial charge in [0, 0.05) is 12.5 Å². The maximum Gasteiger partial charge on any atom is 0.335 e. The predicted molar refractivity (Wildman–Crippen MR) is 47.7 cm³/mol. The first-order valence-corrected chi connectivity index (χ1v) is 4.04. The predicted octanol–water partition coefficient (Wildman–Crippen LogP) is 2.80. The first kappa shape index (κ1) is 10.6. The second-order valence-corrected chi connectivity index (χ2v) is 3.22. The summed E-state index contributed by atoms with van der Waals surface area (Å²) in [7, 11) is 0. The largest absolute Gasteiger partial charge is 0.478 e. The zero-order valence-corrected chi connectivity index (χ0v) is 7.84. The Morgan fingerprint density at radius 3 is 2.43 bits per heavy atom. The van der Waals surface area contributed by atoms with Crippen molar-refractivity contribution in [3.05, 3.63) is 34.9 Å². The van der Waals surface area contributed by atoms with Gasteiger partial charge in [-0.25, -0.2) is 13.6 Å². The van der Waals surface area contributed by atoms with E-state index in [2.05, 4.69) is 0 Å². The third kappa shape index (κ3) is 2.07. The molecule has 1 aromatic carbocycles. The molecule has 0 saturated heterocycles. The Bertz CT molecular complexity index is 367. The lowest BCUT2D eigenvalue weighted by Crippen LogP contribution is -2.09. The highest BCUT2D eigenvalue weighted by molar-refractivity contribution is 5.89. The van der Waals surface area contributed by atoms with Gasteiger partial charge in [-0.2, -0.15) is 0 Å². The minimum absolute atomic E-state index is 0.0796. The Kier molecular flexibility index (Phi) is 2.55. The lowest BCUT2D eigenvalue weighted by Gasteiger charge is -2.11. The molecule has 0 saturated carbocycles. The number of carboxylic acids is 1. The molecule has 4 heteroatoms. The molecule has 1 rings (SSSR count). The van der Waals surface area contributed by atoms with E-state index >= 15 is 0 Å². The van der Waals surface area contributed by atoms with Crippen LogP contribution in [0.4, 0.5) is 8.78 Å². The molecule has 0 heterocycles. The number of rotatable bonds is 2. The maximum atomic E-state index is 12.8. The first-order chi connectivity index (χ1) is 6.32. The van der Waals surface area contributed by atoms with E-state index in [0.717, 1.165) is 13.0 Å². The quantitative estimate of drug-likeness (QED) is 0.796. The molecular weight excluding hydrogens is 190 g/mol. The molecule has 14 heavy (non-hydrogen) atoms. The number of aryl methyl sites for hydroxylation is 1. The van der Waals surface area contributed by atoms with E-state index in [4.69, 9.17) is 5.11 Å². The van der Waals surface area contributed by atoms with Crippen LogP contribution in [-0.4, -0.2) is 11.1 Å². The Balaban J connectivity index is 3.27. The summed E-state index contributed by atoms with van der Waals surface area (Å²) in [5, 5.41) is 8.71. The van der Waals surface area contributed by atoms with Gasteiger partial charge in [0.25, 0.3) is 5.92 Å². The SMILES string of the molecule is Cc1ccc(C(C)(F)F)cc1C(=O)O. The van der Waals surface area contributed by atoms with Gasteiger partial charge in [-0.1, -0.05) is 12.1 Å². The van der Waals surface area contributed by atoms with Crippen molar-refractivity contribution >= 4 is 5.97 Å². The van der Waals surface area contributed by atoms with Gasteiger partial charge in [0.2, 0.25) is 0 Å². The van der Waals surface area contributed by atoms with Crippen molar-refractivity contribution in [1.82, 2.24) is 0 Å². The van der Waals surface area contributed by atoms with E-state index in [0.29, 0.717) is 5.56 Å². The van der Waals surface area contributed by atoms with E-state index in [1.807, 2.05) is 0 Å². The average Bonchev–Trinajstić information content (AvgIpc) is 2.02. The summed E-state index contributed by atoms with van der Waals surface area (Å²) in [5.74, 6) is -4.19. The smallest absolute Gasteiger partial charge is 0.335 e. The monoisotopic (exact) mass is 200 g/mol. The maximum absolute atomic E-state index is 12.8. The van der Waals surface area contributed by atoms with Crippen molar-refractivity contribution in [2.75, 3.05) is 0 Å². The summed E-state index contributed by atoms with van der Waals surface area (Å²) in [5.41, 5.74) is 0.120. The molecule has 1 N–H and O–H groups in total. The van der Waals surface area contributed by atoms with E-state index in [9.17, 15) is 13.6 Å². The standard InChI is InChI=1S/C10H10F2O2/c1-6-3-4-7(10(2,11)12)5-8(6)9(13)14/h3-5H,1-2H3,(H,13,14). The second-order valence-electron chi connectivity index (χ2n) is 3.22. The van der Waals surface area contributed by atoms with Crippen LogP contribution in [0.5, 0.6) is 0 Å². The summed E-state index contributed by atoms with van der Waals surface area (Å²) in [6.45, 7) is 2.31. The summed E-state index contributed by atoms with van der Waals surface area (Å²) < 4.78 is 25.7. The summed E-state index contributed by atoms with van der Waals surface area (Å²) in [4.78, 5) is 10.7. The van der Waals surface area contributed by atoms with E-state index in [1.54, 1.807) is 6.92 Å². The van der Waals surface area contributed by atoms with Crippen LogP contribution in [0.15, 0.2) is 18.2 Å². The number of halogens is 2. The van der Waals surface area contributed by atoms with E-state index < -0.39 is 11.9 Å². The lowest BCUT2D eigenvalue weighted by molar-refractivity contribution is 0.0174. The minimum atomic E-state index is -3.00. The minimum Gasteiger partial charge on any atom is -0.478 e. The molecule has 0 aliphatic rings. The Hall–Kier alpha value is -1.45. The van der Waals surface area contributed by atoms with Gasteiger partial charge in [0.1, 0.15) is 0 Å². The van der Waals surface area contributed by atoms with Gasteiger partial charge >= 0.3 is 5.97 Å². The number of carbonyl (C=O) groups is 1. The molecule has 0 aliphatic heterocycles. The highest BCUT2D eigenvalue weighted by Crippen LogP contribution is 2.28. The van der Waals surface area contributed by atoms with Gasteiger partial charge in [-0.15, -0.1) is 0 Å². The van der Waals surface area contributed by atoms with Crippen molar-refractivity contribution in [2.45, 2.75) is 19.8 Å². The Labute approximate surface area is 80.2 Å². The number of hydrogen-bond donors (Lipinski definition) is 1. The number of aromatic carboxylic acids is 1. The van der Waals surface area contributed by atoms with Crippen LogP contribution in [0.3, 0.4) is 0 Å². The molecule has 2 nitrogen and oxygen atoms in total. The van der Waals surface area contributed by atoms with Crippen LogP contribution < -0.4 is 0 Å². The van der Waals surface area contributed by atoms with E-state index in [1.165, 1.54) is 12.1 Å². The highest BCUT2D eigenvalue weighted by atomic mass is 19.3. The summed E-state index contributed by atoms with van der Waals surface area (Å²) in [6.07, 6.45) is 0. The van der Waals surface area contributed by atoms with Crippen molar-refractivity contribution in [1.29, 1.82) is 0 Å². The van der Waals surface area contributed by atoms with Crippen LogP contribution in [0, 0.1) is 6.92 Å². The van der Waals surface area contributed by atoms with Gasteiger partial charge in [-0.05, 0) is 18.6 Å². The van der Waals surface area contributed by atoms with Crippen LogP contribution in [0.25, 0.3) is 0 Å². The third-order valence-electron chi connectivity index (χ3n) is 1.97. The molecule has 0 aromatic heterocycles. The molecule has 0 atom stereocenters. The van der Waals surface area contributed by atoms with Crippen molar-refractivity contribution in [2.24, 2.45) is 0 Å². The van der Waals surface area contributed by atoms with Crippen LogP contribution in [0.2, 0.25) is 0 Å². The van der Waals surface area contributed by atoms with Crippen LogP contribution >= 0.6 is 0 Å². The van der Waals surface area contributed by atoms with Crippen LogP contribution in [0.1, 0.15) is 28.4 Å². The number of carboxylic acid groups (broad SMARTS) is 1. The second kappa shape index (κ2) is 3.36. The molecular formula is C10H10F2O2. The third-order valence-corrected chi connectivity index (χ3v) is 1.97. The molecule has 0 bridgehead atoms. The topological polar surface area (TPSA) is 37.3 Å². The zero-order valence-electron chi connectivity index (χ0n) is 7.84. The molecule has 0 radical (unpaired) electrons. The number of hydrogen-bond acceptors (Lipinski definition) is 1. The van der Waals surface area contributed by atoms with Gasteiger partial charge in [-0.3, -0.25) is 0 Å². The Morgan fingerprint density at radius 2 is 2.00 bits per heavy atom. The molecule has 1 aromatic rings. The van der Waals surface area contributed by atoms with Gasteiger partial charge in [0.15, 0.2) is 0 Å². The van der Waals surface area contributed by atoms with Gasteiger partial charge in [0.05, 0.1) is 5.56 Å². The number of alkyl halides is 2. The Morgan fingerprint density at radius 1 is 1.43 bits per heavy atom. The van der Waals surface area contributed by atoms with Crippen molar-refractivity contribution in [3.8, 4) is 0 Å². The average molecular weight is 200 g/mol. The first-order valence-electron chi connectivity index (χ1n) is 4.04. The van der Waals surface area contributed by atoms with Crippen LogP contribution in [-0.2, 0) is 5.92 Å². The molecule has 0 unspecified atom stereocenters. The molecule has 0 fully saturated rings. The summed E-state index contributed by atoms with van der Waals surface area (Å²) in [6, 6.07) is 3.63. The molecule has 0 aliphatic carbocycles. The fraction of sp³-hybridized carbons (Fsp3) is 0.300. The van der Waals surface area contributed by atoms with Crippen molar-refractivity contribution in [3.63, 3.8) is 0 Å². The lowest BCUT2D eigenvalue weighted by atomic mass is 10.0. The normalized spacial score (nSPS) is 11.4. The fourth-order valence-corrected chi connectivity index (χ4v) is 1.13. The molecule has 76 valence electrons. The van der Waals surface area contributed by atoms with Crippen molar-refractivity contribution < 1.29 is 18.7 Å². The number of benzene rings is 1.